The molecule has 4 rings (SSSR count). The third kappa shape index (κ3) is 2.94. The highest BCUT2D eigenvalue weighted by molar-refractivity contribution is 5.77. The number of fused-ring (bicyclic) bond motifs is 1. The third-order valence-electron chi connectivity index (χ3n) is 4.92. The first kappa shape index (κ1) is 16.6. The van der Waals surface area contributed by atoms with E-state index in [0.29, 0.717) is 19.5 Å². The van der Waals surface area contributed by atoms with Gasteiger partial charge in [-0.3, -0.25) is 4.79 Å². The van der Waals surface area contributed by atoms with Crippen LogP contribution in [0.2, 0.25) is 0 Å². The van der Waals surface area contributed by atoms with Crippen LogP contribution in [-0.2, 0) is 17.9 Å². The summed E-state index contributed by atoms with van der Waals surface area (Å²) in [5.41, 5.74) is 4.40. The molecule has 1 aromatic carbocycles. The van der Waals surface area contributed by atoms with E-state index < -0.39 is 0 Å². The van der Waals surface area contributed by atoms with Crippen LogP contribution >= 0.6 is 0 Å². The predicted molar refractivity (Wildman–Crippen MR) is 101 cm³/mol. The van der Waals surface area contributed by atoms with Crippen LogP contribution in [-0.4, -0.2) is 25.2 Å². The molecule has 3 heterocycles. The van der Waals surface area contributed by atoms with Gasteiger partial charge in [-0.2, -0.15) is 5.10 Å². The van der Waals surface area contributed by atoms with E-state index in [1.54, 1.807) is 0 Å². The summed E-state index contributed by atoms with van der Waals surface area (Å²) >= 11 is 0. The molecule has 0 saturated carbocycles. The van der Waals surface area contributed by atoms with Gasteiger partial charge in [-0.05, 0) is 43.2 Å². The Morgan fingerprint density at radius 2 is 1.96 bits per heavy atom. The Kier molecular flexibility index (Phi) is 4.37. The lowest BCUT2D eigenvalue weighted by molar-refractivity contribution is -0.131. The molecule has 0 radical (unpaired) electrons. The number of nitrogens with zero attached hydrogens (tertiary/aromatic N) is 4. The first-order valence-corrected chi connectivity index (χ1v) is 9.26. The van der Waals surface area contributed by atoms with Crippen LogP contribution < -0.4 is 0 Å². The predicted octanol–water partition coefficient (Wildman–Crippen LogP) is 4.00. The molecule has 0 atom stereocenters. The van der Waals surface area contributed by atoms with Crippen molar-refractivity contribution in [1.82, 2.24) is 19.2 Å². The van der Waals surface area contributed by atoms with Gasteiger partial charge in [0, 0.05) is 24.4 Å². The molecule has 1 amide bonds. The van der Waals surface area contributed by atoms with Crippen molar-refractivity contribution in [2.24, 2.45) is 0 Å². The number of rotatable bonds is 5. The Bertz CT molecular complexity index is 924. The smallest absolute Gasteiger partial charge is 0.223 e. The number of aromatic nitrogens is 3. The second kappa shape index (κ2) is 6.83. The Labute approximate surface area is 153 Å². The lowest BCUT2D eigenvalue weighted by atomic mass is 10.2. The van der Waals surface area contributed by atoms with Crippen LogP contribution in [0.4, 0.5) is 0 Å². The van der Waals surface area contributed by atoms with Crippen LogP contribution in [0, 0.1) is 6.92 Å². The lowest BCUT2D eigenvalue weighted by Crippen LogP contribution is -2.26. The maximum atomic E-state index is 12.5. The van der Waals surface area contributed by atoms with Crippen molar-refractivity contribution in [3.63, 3.8) is 0 Å². The average Bonchev–Trinajstić information content (AvgIpc) is 3.34. The van der Waals surface area contributed by atoms with Crippen LogP contribution in [0.15, 0.2) is 48.8 Å². The zero-order valence-corrected chi connectivity index (χ0v) is 15.4. The molecule has 5 nitrogen and oxygen atoms in total. The van der Waals surface area contributed by atoms with Crippen molar-refractivity contribution >= 4 is 5.91 Å². The van der Waals surface area contributed by atoms with E-state index >= 15 is 0 Å². The molecule has 1 aliphatic heterocycles. The van der Waals surface area contributed by atoms with Gasteiger partial charge in [0.2, 0.25) is 5.91 Å². The molecule has 0 aliphatic carbocycles. The fourth-order valence-electron chi connectivity index (χ4n) is 3.55. The minimum absolute atomic E-state index is 0.227. The monoisotopic (exact) mass is 348 g/mol. The normalized spacial score (nSPS) is 13.2. The van der Waals surface area contributed by atoms with E-state index in [2.05, 4.69) is 42.7 Å². The molecule has 26 heavy (non-hydrogen) atoms. The molecule has 0 spiro atoms. The average molecular weight is 348 g/mol. The van der Waals surface area contributed by atoms with Crippen LogP contribution in [0.25, 0.3) is 11.5 Å². The number of benzene rings is 1. The highest BCUT2D eigenvalue weighted by Crippen LogP contribution is 2.31. The number of aryl methyl sites for hydroxylation is 1. The molecule has 134 valence electrons. The van der Waals surface area contributed by atoms with Gasteiger partial charge in [-0.25, -0.2) is 4.68 Å². The summed E-state index contributed by atoms with van der Waals surface area (Å²) in [6.45, 7) is 5.44. The number of carbonyl (C=O) groups excluding carboxylic acids is 1. The van der Waals surface area contributed by atoms with E-state index in [4.69, 9.17) is 5.10 Å². The van der Waals surface area contributed by atoms with E-state index in [0.717, 1.165) is 35.6 Å². The quantitative estimate of drug-likeness (QED) is 0.699. The molecule has 3 aromatic rings. The molecule has 0 saturated heterocycles. The van der Waals surface area contributed by atoms with Gasteiger partial charge >= 0.3 is 0 Å². The van der Waals surface area contributed by atoms with Crippen LogP contribution in [0.1, 0.15) is 43.0 Å². The lowest BCUT2D eigenvalue weighted by Gasteiger charge is -2.17. The fraction of sp³-hybridized carbons (Fsp3) is 0.333. The summed E-state index contributed by atoms with van der Waals surface area (Å²) in [5, 5.41) is 4.87. The topological polar surface area (TPSA) is 43.1 Å². The zero-order chi connectivity index (χ0) is 18.1. The molecule has 0 bridgehead atoms. The second-order valence-electron chi connectivity index (χ2n) is 6.94. The number of hydrogen-bond donors (Lipinski definition) is 0. The molecule has 5 heteroatoms. The summed E-state index contributed by atoms with van der Waals surface area (Å²) in [5.74, 6) is 1.26. The Morgan fingerprint density at radius 3 is 2.69 bits per heavy atom. The van der Waals surface area contributed by atoms with Gasteiger partial charge in [0.15, 0.2) is 0 Å². The summed E-state index contributed by atoms with van der Waals surface area (Å²) in [6, 6.07) is 12.4. The number of unbranched alkanes of at least 4 members (excludes halogenated alkanes) is 1. The summed E-state index contributed by atoms with van der Waals surface area (Å²) < 4.78 is 4.10. The van der Waals surface area contributed by atoms with E-state index in [1.807, 2.05) is 34.1 Å². The van der Waals surface area contributed by atoms with Crippen molar-refractivity contribution in [2.75, 3.05) is 0 Å². The Balaban J connectivity index is 1.73. The Hall–Kier alpha value is -2.82. The SMILES string of the molecule is CCCCC(=O)N1Cc2nn(-c3cccc(C)c3)c(-n3cccc3)c2C1. The van der Waals surface area contributed by atoms with Gasteiger partial charge in [-0.15, -0.1) is 0 Å². The molecule has 2 aromatic heterocycles. The van der Waals surface area contributed by atoms with Crippen molar-refractivity contribution in [1.29, 1.82) is 0 Å². The van der Waals surface area contributed by atoms with Gasteiger partial charge in [0.1, 0.15) is 5.82 Å². The van der Waals surface area contributed by atoms with Gasteiger partial charge in [0.05, 0.1) is 24.5 Å². The minimum atomic E-state index is 0.227. The largest absolute Gasteiger partial charge is 0.332 e. The van der Waals surface area contributed by atoms with Crippen molar-refractivity contribution in [3.8, 4) is 11.5 Å². The standard InChI is InChI=1S/C21H24N4O/c1-3-4-10-20(26)24-14-18-19(15-24)22-25(17-9-7-8-16(2)13-17)21(18)23-11-5-6-12-23/h5-9,11-13H,3-4,10,14-15H2,1-2H3. The van der Waals surface area contributed by atoms with Gasteiger partial charge in [0.25, 0.3) is 0 Å². The molecule has 1 aliphatic rings. The Morgan fingerprint density at radius 1 is 1.15 bits per heavy atom. The summed E-state index contributed by atoms with van der Waals surface area (Å²) in [6.07, 6.45) is 6.67. The molecule has 0 N–H and O–H groups in total. The van der Waals surface area contributed by atoms with E-state index in [1.165, 1.54) is 5.56 Å². The molecular weight excluding hydrogens is 324 g/mol. The zero-order valence-electron chi connectivity index (χ0n) is 15.4. The first-order chi connectivity index (χ1) is 12.7. The minimum Gasteiger partial charge on any atom is -0.332 e. The number of amides is 1. The van der Waals surface area contributed by atoms with Gasteiger partial charge < -0.3 is 9.47 Å². The van der Waals surface area contributed by atoms with Crippen LogP contribution in [0.5, 0.6) is 0 Å². The highest BCUT2D eigenvalue weighted by atomic mass is 16.2. The first-order valence-electron chi connectivity index (χ1n) is 9.26. The highest BCUT2D eigenvalue weighted by Gasteiger charge is 2.31. The third-order valence-corrected chi connectivity index (χ3v) is 4.92. The number of hydrogen-bond acceptors (Lipinski definition) is 2. The fourth-order valence-corrected chi connectivity index (χ4v) is 3.55. The van der Waals surface area contributed by atoms with Crippen molar-refractivity contribution in [2.45, 2.75) is 46.2 Å². The second-order valence-corrected chi connectivity index (χ2v) is 6.94. The van der Waals surface area contributed by atoms with Crippen molar-refractivity contribution in [3.05, 3.63) is 65.6 Å². The maximum Gasteiger partial charge on any atom is 0.223 e. The maximum absolute atomic E-state index is 12.5. The van der Waals surface area contributed by atoms with Gasteiger partial charge in [-0.1, -0.05) is 25.5 Å². The molecule has 0 fully saturated rings. The molecule has 0 unspecified atom stereocenters. The number of carbonyl (C=O) groups is 1. The van der Waals surface area contributed by atoms with Crippen molar-refractivity contribution < 1.29 is 4.79 Å². The summed E-state index contributed by atoms with van der Waals surface area (Å²) in [4.78, 5) is 14.4. The van der Waals surface area contributed by atoms with E-state index in [9.17, 15) is 4.79 Å². The molecular formula is C21H24N4O. The van der Waals surface area contributed by atoms with E-state index in [-0.39, 0.29) is 5.91 Å². The summed E-state index contributed by atoms with van der Waals surface area (Å²) in [7, 11) is 0. The van der Waals surface area contributed by atoms with Crippen LogP contribution in [0.3, 0.4) is 0 Å².